The predicted molar refractivity (Wildman–Crippen MR) is 209 cm³/mol. The molecule has 1 aromatic heterocycles. The number of rotatable bonds is 21. The van der Waals surface area contributed by atoms with Gasteiger partial charge in [0, 0.05) is 12.4 Å². The Labute approximate surface area is 342 Å². The van der Waals surface area contributed by atoms with Crippen LogP contribution in [0.5, 0.6) is 0 Å². The Morgan fingerprint density at radius 3 is 2.05 bits per heavy atom. The lowest BCUT2D eigenvalue weighted by Gasteiger charge is -2.31. The van der Waals surface area contributed by atoms with Crippen molar-refractivity contribution >= 4 is 51.2 Å². The summed E-state index contributed by atoms with van der Waals surface area (Å²) < 4.78 is 53.3. The smallest absolute Gasteiger partial charge is 0.290 e. The molecule has 0 bridgehead atoms. The molecule has 5 atom stereocenters. The van der Waals surface area contributed by atoms with E-state index in [0.29, 0.717) is 18.6 Å². The van der Waals surface area contributed by atoms with E-state index in [1.807, 2.05) is 26.1 Å². The van der Waals surface area contributed by atoms with Gasteiger partial charge in [0.2, 0.25) is 23.5 Å². The number of ketones is 1. The highest BCUT2D eigenvalue weighted by molar-refractivity contribution is 7.90. The van der Waals surface area contributed by atoms with E-state index in [4.69, 9.17) is 0 Å². The van der Waals surface area contributed by atoms with Gasteiger partial charge in [-0.1, -0.05) is 73.1 Å². The molecule has 1 unspecified atom stereocenters. The number of benzene rings is 1. The van der Waals surface area contributed by atoms with Crippen LogP contribution in [0.3, 0.4) is 0 Å². The molecule has 1 fully saturated rings. The molecule has 0 spiro atoms. The molecular weight excluding hydrogens is 795 g/mol. The number of Topliss-reactive ketones (excluding diaryl/α,β-unsaturated/α-hetero) is 1. The van der Waals surface area contributed by atoms with Crippen molar-refractivity contribution in [1.82, 2.24) is 41.3 Å². The molecule has 6 amide bonds. The van der Waals surface area contributed by atoms with Gasteiger partial charge in [-0.25, -0.2) is 26.9 Å². The van der Waals surface area contributed by atoms with Gasteiger partial charge < -0.3 is 26.6 Å². The zero-order valence-electron chi connectivity index (χ0n) is 33.8. The van der Waals surface area contributed by atoms with Crippen molar-refractivity contribution < 1.29 is 50.8 Å². The number of carbonyl (C=O) groups excluding carboxylic acids is 7. The third-order valence-corrected chi connectivity index (χ3v) is 11.3. The van der Waals surface area contributed by atoms with E-state index in [0.717, 1.165) is 38.2 Å². The van der Waals surface area contributed by atoms with Crippen LogP contribution in [-0.4, -0.2) is 90.3 Å². The van der Waals surface area contributed by atoms with Crippen molar-refractivity contribution in [3.8, 4) is 0 Å². The van der Waals surface area contributed by atoms with E-state index in [1.54, 1.807) is 11.6 Å². The quantitative estimate of drug-likeness (QED) is 0.0991. The Hall–Kier alpha value is -5.40. The second-order valence-electron chi connectivity index (χ2n) is 15.0. The van der Waals surface area contributed by atoms with E-state index >= 15 is 0 Å². The normalized spacial score (nSPS) is 15.7. The SMILES string of the molecule is CCC(NC(=O)[C@H](CC1CCCCC1)NC(=O)[C@@H](NC(=O)[C@H](CC(C)C)NC(=O)c1cnccn1)[C@@H](C)CC)C(=O)C(=O)NCC(=O)NS(=O)(=O)c1ccc(F)c(F)c1. The summed E-state index contributed by atoms with van der Waals surface area (Å²) in [6, 6.07) is -3.13. The van der Waals surface area contributed by atoms with Crippen LogP contribution in [-0.2, 0) is 38.8 Å². The Morgan fingerprint density at radius 1 is 0.797 bits per heavy atom. The molecule has 1 heterocycles. The lowest BCUT2D eigenvalue weighted by Crippen LogP contribution is -2.60. The van der Waals surface area contributed by atoms with Gasteiger partial charge in [-0.15, -0.1) is 0 Å². The maximum atomic E-state index is 14.0. The van der Waals surface area contributed by atoms with Crippen LogP contribution in [0.1, 0.15) is 103 Å². The minimum Gasteiger partial charge on any atom is -0.344 e. The minimum atomic E-state index is -4.66. The zero-order chi connectivity index (χ0) is 43.9. The first-order valence-electron chi connectivity index (χ1n) is 19.7. The van der Waals surface area contributed by atoms with Gasteiger partial charge in [0.25, 0.3) is 27.7 Å². The van der Waals surface area contributed by atoms with Gasteiger partial charge in [0.15, 0.2) is 11.6 Å². The van der Waals surface area contributed by atoms with Crippen LogP contribution in [0.2, 0.25) is 0 Å². The topological polar surface area (TPSA) is 252 Å². The molecule has 1 aliphatic rings. The van der Waals surface area contributed by atoms with Crippen LogP contribution in [0.25, 0.3) is 0 Å². The molecule has 0 aliphatic heterocycles. The van der Waals surface area contributed by atoms with Gasteiger partial charge >= 0.3 is 0 Å². The number of amides is 6. The third-order valence-electron chi connectivity index (χ3n) is 9.97. The van der Waals surface area contributed by atoms with Crippen molar-refractivity contribution in [1.29, 1.82) is 0 Å². The highest BCUT2D eigenvalue weighted by atomic mass is 32.2. The first-order chi connectivity index (χ1) is 27.9. The lowest BCUT2D eigenvalue weighted by molar-refractivity contribution is -0.141. The van der Waals surface area contributed by atoms with E-state index in [2.05, 4.69) is 31.2 Å². The van der Waals surface area contributed by atoms with Crippen molar-refractivity contribution in [2.45, 2.75) is 121 Å². The number of carbonyl (C=O) groups is 7. The van der Waals surface area contributed by atoms with Gasteiger partial charge in [0.05, 0.1) is 23.7 Å². The van der Waals surface area contributed by atoms with Crippen LogP contribution in [0.15, 0.2) is 41.7 Å². The molecule has 324 valence electrons. The number of aromatic nitrogens is 2. The summed E-state index contributed by atoms with van der Waals surface area (Å²) in [6.45, 7) is 7.82. The third kappa shape index (κ3) is 14.7. The number of sulfonamides is 1. The molecule has 20 heteroatoms. The fraction of sp³-hybridized carbons (Fsp3) is 0.564. The average Bonchev–Trinajstić information content (AvgIpc) is 3.20. The summed E-state index contributed by atoms with van der Waals surface area (Å²) in [6.07, 6.45) is 9.24. The Balaban J connectivity index is 1.73. The van der Waals surface area contributed by atoms with Crippen molar-refractivity contribution in [2.75, 3.05) is 6.54 Å². The molecule has 1 aromatic carbocycles. The van der Waals surface area contributed by atoms with Crippen molar-refractivity contribution in [2.24, 2.45) is 17.8 Å². The molecule has 59 heavy (non-hydrogen) atoms. The summed E-state index contributed by atoms with van der Waals surface area (Å²) in [5, 5.41) is 12.7. The van der Waals surface area contributed by atoms with Crippen LogP contribution >= 0.6 is 0 Å². The number of nitrogens with one attached hydrogen (secondary N) is 6. The summed E-state index contributed by atoms with van der Waals surface area (Å²) in [5.41, 5.74) is 0.00135. The molecule has 6 N–H and O–H groups in total. The molecule has 17 nitrogen and oxygen atoms in total. The highest BCUT2D eigenvalue weighted by Gasteiger charge is 2.36. The molecule has 0 radical (unpaired) electrons. The summed E-state index contributed by atoms with van der Waals surface area (Å²) in [7, 11) is -4.66. The maximum absolute atomic E-state index is 14.0. The summed E-state index contributed by atoms with van der Waals surface area (Å²) >= 11 is 0. The molecule has 1 saturated carbocycles. The Kier molecular flexibility index (Phi) is 18.4. The van der Waals surface area contributed by atoms with Gasteiger partial charge in [-0.2, -0.15) is 0 Å². The summed E-state index contributed by atoms with van der Waals surface area (Å²) in [5.74, 6) is -9.67. The second kappa shape index (κ2) is 22.7. The van der Waals surface area contributed by atoms with Crippen molar-refractivity contribution in [3.05, 3.63) is 54.1 Å². The largest absolute Gasteiger partial charge is 0.344 e. The molecule has 1 aliphatic carbocycles. The maximum Gasteiger partial charge on any atom is 0.290 e. The van der Waals surface area contributed by atoms with Gasteiger partial charge in [0.1, 0.15) is 23.8 Å². The van der Waals surface area contributed by atoms with Crippen LogP contribution in [0, 0.1) is 29.4 Å². The Bertz CT molecular complexity index is 1930. The van der Waals surface area contributed by atoms with E-state index in [-0.39, 0.29) is 36.8 Å². The van der Waals surface area contributed by atoms with Gasteiger partial charge in [-0.3, -0.25) is 38.5 Å². The van der Waals surface area contributed by atoms with E-state index in [1.165, 1.54) is 25.5 Å². The standard InChI is InChI=1S/C39H54F2N8O9S/c1-6-23(5)33(48-36(53)29(17-22(3)4)46-37(54)31-20-42-15-16-43-31)38(55)47-30(18-24-11-9-8-10-12-24)35(52)45-28(7-2)34(51)39(56)44-21-32(50)49-59(57,58)25-13-14-26(40)27(41)19-25/h13-16,19-20,22-24,28-30,33H,6-12,17-18,21H2,1-5H3,(H,44,56)(H,45,52)(H,46,54)(H,47,55)(H,48,53)(H,49,50)/t23-,28?,29-,30-,33-/m0/s1. The number of halogens is 2. The van der Waals surface area contributed by atoms with Gasteiger partial charge in [-0.05, 0) is 55.2 Å². The molecular formula is C39H54F2N8O9S. The van der Waals surface area contributed by atoms with Crippen LogP contribution in [0.4, 0.5) is 8.78 Å². The van der Waals surface area contributed by atoms with Crippen LogP contribution < -0.4 is 31.3 Å². The first kappa shape index (κ1) is 48.0. The number of nitrogens with zero attached hydrogens (tertiary/aromatic N) is 2. The molecule has 3 rings (SSSR count). The number of hydrogen-bond donors (Lipinski definition) is 6. The van der Waals surface area contributed by atoms with E-state index in [9.17, 15) is 50.8 Å². The second-order valence-corrected chi connectivity index (χ2v) is 16.7. The molecule has 0 saturated heterocycles. The Morgan fingerprint density at radius 2 is 1.46 bits per heavy atom. The minimum absolute atomic E-state index is 0.00135. The predicted octanol–water partition coefficient (Wildman–Crippen LogP) is 1.97. The fourth-order valence-electron chi connectivity index (χ4n) is 6.48. The van der Waals surface area contributed by atoms with Crippen molar-refractivity contribution in [3.63, 3.8) is 0 Å². The summed E-state index contributed by atoms with van der Waals surface area (Å²) in [4.78, 5) is 100.0. The van der Waals surface area contributed by atoms with E-state index < -0.39 is 104 Å². The monoisotopic (exact) mass is 848 g/mol. The fourth-order valence-corrected chi connectivity index (χ4v) is 7.47. The lowest BCUT2D eigenvalue weighted by atomic mass is 9.84. The zero-order valence-corrected chi connectivity index (χ0v) is 34.6. The molecule has 2 aromatic rings. The first-order valence-corrected chi connectivity index (χ1v) is 21.2. The average molecular weight is 849 g/mol. The highest BCUT2D eigenvalue weighted by Crippen LogP contribution is 2.28. The number of hydrogen-bond acceptors (Lipinski definition) is 11.